The number of nitrogen functional groups attached to an aromatic ring is 1. The minimum atomic E-state index is 0.663. The Labute approximate surface area is 99.0 Å². The first kappa shape index (κ1) is 11.1. The minimum Gasteiger partial charge on any atom is -0.382 e. The zero-order valence-corrected chi connectivity index (χ0v) is 10.8. The molecular weight excluding hydrogens is 226 g/mol. The summed E-state index contributed by atoms with van der Waals surface area (Å²) in [5, 5.41) is 4.70. The Balaban J connectivity index is 1.94. The third-order valence-corrected chi connectivity index (χ3v) is 4.52. The minimum absolute atomic E-state index is 0.663. The van der Waals surface area contributed by atoms with Crippen molar-refractivity contribution in [1.29, 1.82) is 0 Å². The summed E-state index contributed by atoms with van der Waals surface area (Å²) in [5.41, 5.74) is 5.78. The molecule has 1 saturated carbocycles. The Morgan fingerprint density at radius 3 is 3.13 bits per heavy atom. The number of hydrogen-bond acceptors (Lipinski definition) is 5. The van der Waals surface area contributed by atoms with Crippen molar-refractivity contribution in [2.45, 2.75) is 37.1 Å². The van der Waals surface area contributed by atoms with Crippen LogP contribution in [-0.2, 0) is 0 Å². The lowest BCUT2D eigenvalue weighted by atomic mass is 10.2. The highest BCUT2D eigenvalue weighted by Gasteiger charge is 2.36. The maximum absolute atomic E-state index is 5.78. The number of aromatic nitrogens is 1. The van der Waals surface area contributed by atoms with Gasteiger partial charge in [-0.05, 0) is 36.5 Å². The van der Waals surface area contributed by atoms with Gasteiger partial charge in [-0.2, -0.15) is 4.37 Å². The van der Waals surface area contributed by atoms with Crippen molar-refractivity contribution >= 4 is 34.1 Å². The van der Waals surface area contributed by atoms with Crippen LogP contribution in [0.5, 0.6) is 0 Å². The molecule has 5 heteroatoms. The summed E-state index contributed by atoms with van der Waals surface area (Å²) in [6.07, 6.45) is 5.96. The van der Waals surface area contributed by atoms with Crippen molar-refractivity contribution in [2.24, 2.45) is 5.92 Å². The maximum Gasteiger partial charge on any atom is 0.153 e. The van der Waals surface area contributed by atoms with Gasteiger partial charge >= 0.3 is 0 Å². The van der Waals surface area contributed by atoms with Crippen LogP contribution in [0.4, 0.5) is 10.8 Å². The Hall–Kier alpha value is -0.420. The standard InChI is InChI=1S/C10H17N3S2/c1-3-4-6-5-7(6)12-10-8(14-2)9(11)13-15-10/h6-7,12H,3-5H2,1-2H3,(H2,11,13). The van der Waals surface area contributed by atoms with Crippen molar-refractivity contribution in [3.05, 3.63) is 0 Å². The average Bonchev–Trinajstić information content (AvgIpc) is 2.83. The normalized spacial score (nSPS) is 24.1. The van der Waals surface area contributed by atoms with Crippen molar-refractivity contribution < 1.29 is 0 Å². The largest absolute Gasteiger partial charge is 0.382 e. The molecular formula is C10H17N3S2. The molecule has 0 aliphatic heterocycles. The molecule has 1 heterocycles. The van der Waals surface area contributed by atoms with Crippen LogP contribution in [-0.4, -0.2) is 16.7 Å². The summed E-state index contributed by atoms with van der Waals surface area (Å²) in [6, 6.07) is 0.663. The van der Waals surface area contributed by atoms with Crippen LogP contribution in [0, 0.1) is 5.92 Å². The highest BCUT2D eigenvalue weighted by atomic mass is 32.2. The molecule has 84 valence electrons. The molecule has 0 amide bonds. The van der Waals surface area contributed by atoms with E-state index in [0.29, 0.717) is 11.9 Å². The molecule has 0 bridgehead atoms. The summed E-state index contributed by atoms with van der Waals surface area (Å²) in [4.78, 5) is 1.11. The monoisotopic (exact) mass is 243 g/mol. The zero-order valence-electron chi connectivity index (χ0n) is 9.12. The Morgan fingerprint density at radius 2 is 2.47 bits per heavy atom. The molecule has 3 N–H and O–H groups in total. The second kappa shape index (κ2) is 4.61. The van der Waals surface area contributed by atoms with Crippen LogP contribution in [0.1, 0.15) is 26.2 Å². The molecule has 0 spiro atoms. The van der Waals surface area contributed by atoms with Crippen LogP contribution in [0.2, 0.25) is 0 Å². The Kier molecular flexibility index (Phi) is 3.41. The predicted octanol–water partition coefficient (Wildman–Crippen LogP) is 3.05. The van der Waals surface area contributed by atoms with Gasteiger partial charge in [0.2, 0.25) is 0 Å². The lowest BCUT2D eigenvalue weighted by Gasteiger charge is -2.04. The first-order valence-electron chi connectivity index (χ1n) is 5.32. The lowest BCUT2D eigenvalue weighted by Crippen LogP contribution is -2.03. The SMILES string of the molecule is CCCC1CC1Nc1snc(N)c1SC. The Morgan fingerprint density at radius 1 is 1.67 bits per heavy atom. The molecule has 2 atom stereocenters. The van der Waals surface area contributed by atoms with Gasteiger partial charge in [-0.1, -0.05) is 13.3 Å². The lowest BCUT2D eigenvalue weighted by molar-refractivity contribution is 0.693. The number of thioether (sulfide) groups is 1. The van der Waals surface area contributed by atoms with E-state index in [1.807, 2.05) is 6.26 Å². The van der Waals surface area contributed by atoms with Gasteiger partial charge in [0, 0.05) is 6.04 Å². The van der Waals surface area contributed by atoms with E-state index >= 15 is 0 Å². The first-order chi connectivity index (χ1) is 7.26. The maximum atomic E-state index is 5.78. The third kappa shape index (κ3) is 2.39. The van der Waals surface area contributed by atoms with E-state index in [1.165, 1.54) is 30.8 Å². The van der Waals surface area contributed by atoms with E-state index in [9.17, 15) is 0 Å². The van der Waals surface area contributed by atoms with Gasteiger partial charge in [-0.25, -0.2) is 0 Å². The molecule has 1 aliphatic carbocycles. The number of nitrogens with one attached hydrogen (secondary N) is 1. The topological polar surface area (TPSA) is 50.9 Å². The third-order valence-electron chi connectivity index (χ3n) is 2.78. The van der Waals surface area contributed by atoms with Crippen LogP contribution in [0.25, 0.3) is 0 Å². The molecule has 2 rings (SSSR count). The molecule has 0 aromatic carbocycles. The van der Waals surface area contributed by atoms with Crippen molar-refractivity contribution in [3.63, 3.8) is 0 Å². The van der Waals surface area contributed by atoms with Gasteiger partial charge in [0.1, 0.15) is 5.00 Å². The first-order valence-corrected chi connectivity index (χ1v) is 7.31. The Bertz CT molecular complexity index is 337. The summed E-state index contributed by atoms with van der Waals surface area (Å²) >= 11 is 3.16. The summed E-state index contributed by atoms with van der Waals surface area (Å²) in [7, 11) is 0. The van der Waals surface area contributed by atoms with E-state index in [2.05, 4.69) is 16.6 Å². The zero-order chi connectivity index (χ0) is 10.8. The van der Waals surface area contributed by atoms with Crippen LogP contribution >= 0.6 is 23.3 Å². The molecule has 3 nitrogen and oxygen atoms in total. The highest BCUT2D eigenvalue weighted by molar-refractivity contribution is 7.99. The number of anilines is 2. The van der Waals surface area contributed by atoms with Crippen molar-refractivity contribution in [1.82, 2.24) is 4.37 Å². The summed E-state index contributed by atoms with van der Waals surface area (Å²) < 4.78 is 4.18. The molecule has 1 aromatic heterocycles. The van der Waals surface area contributed by atoms with Crippen molar-refractivity contribution in [3.8, 4) is 0 Å². The molecule has 0 saturated heterocycles. The average molecular weight is 243 g/mol. The predicted molar refractivity (Wildman–Crippen MR) is 68.7 cm³/mol. The van der Waals surface area contributed by atoms with E-state index in [4.69, 9.17) is 5.73 Å². The molecule has 15 heavy (non-hydrogen) atoms. The number of nitrogens with two attached hydrogens (primary N) is 1. The van der Waals surface area contributed by atoms with Gasteiger partial charge in [0.05, 0.1) is 4.90 Å². The van der Waals surface area contributed by atoms with Gasteiger partial charge in [0.25, 0.3) is 0 Å². The van der Waals surface area contributed by atoms with Crippen LogP contribution in [0.15, 0.2) is 4.90 Å². The molecule has 1 fully saturated rings. The fourth-order valence-electron chi connectivity index (χ4n) is 1.87. The molecule has 1 aromatic rings. The van der Waals surface area contributed by atoms with Gasteiger partial charge in [0.15, 0.2) is 5.82 Å². The van der Waals surface area contributed by atoms with Crippen molar-refractivity contribution in [2.75, 3.05) is 17.3 Å². The highest BCUT2D eigenvalue weighted by Crippen LogP contribution is 2.42. The van der Waals surface area contributed by atoms with Gasteiger partial charge in [-0.3, -0.25) is 0 Å². The van der Waals surface area contributed by atoms with E-state index in [0.717, 1.165) is 15.8 Å². The fourth-order valence-corrected chi connectivity index (χ4v) is 3.46. The second-order valence-corrected chi connectivity index (χ2v) is 5.56. The van der Waals surface area contributed by atoms with Crippen LogP contribution < -0.4 is 11.1 Å². The molecule has 1 aliphatic rings. The number of hydrogen-bond donors (Lipinski definition) is 2. The number of nitrogens with zero attached hydrogens (tertiary/aromatic N) is 1. The van der Waals surface area contributed by atoms with E-state index < -0.39 is 0 Å². The van der Waals surface area contributed by atoms with Gasteiger partial charge in [-0.15, -0.1) is 11.8 Å². The fraction of sp³-hybridized carbons (Fsp3) is 0.700. The summed E-state index contributed by atoms with van der Waals surface area (Å²) in [5.74, 6) is 1.54. The van der Waals surface area contributed by atoms with E-state index in [1.54, 1.807) is 11.8 Å². The second-order valence-electron chi connectivity index (χ2n) is 3.97. The molecule has 0 radical (unpaired) electrons. The molecule has 2 unspecified atom stereocenters. The smallest absolute Gasteiger partial charge is 0.153 e. The number of rotatable bonds is 5. The van der Waals surface area contributed by atoms with Gasteiger partial charge < -0.3 is 11.1 Å². The van der Waals surface area contributed by atoms with Crippen LogP contribution in [0.3, 0.4) is 0 Å². The van der Waals surface area contributed by atoms with E-state index in [-0.39, 0.29) is 0 Å². The summed E-state index contributed by atoms with van der Waals surface area (Å²) in [6.45, 7) is 2.24. The quantitative estimate of drug-likeness (QED) is 0.780.